The summed E-state index contributed by atoms with van der Waals surface area (Å²) in [6.45, 7) is 5.75. The first-order valence-corrected chi connectivity index (χ1v) is 9.17. The number of hydrogen-bond acceptors (Lipinski definition) is 5. The van der Waals surface area contributed by atoms with E-state index in [0.717, 1.165) is 49.5 Å². The van der Waals surface area contributed by atoms with Crippen molar-refractivity contribution >= 4 is 17.4 Å². The summed E-state index contributed by atoms with van der Waals surface area (Å²) in [7, 11) is 0. The molecule has 132 valence electrons. The van der Waals surface area contributed by atoms with Crippen LogP contribution in [-0.2, 0) is 15.9 Å². The topological polar surface area (TPSA) is 47.5 Å². The maximum atomic E-state index is 6.52. The van der Waals surface area contributed by atoms with Crippen LogP contribution < -0.4 is 4.90 Å². The smallest absolute Gasteiger partial charge is 0.163 e. The maximum Gasteiger partial charge on any atom is 0.163 e. The highest BCUT2D eigenvalue weighted by molar-refractivity contribution is 6.30. The van der Waals surface area contributed by atoms with Crippen molar-refractivity contribution in [1.82, 2.24) is 9.97 Å². The summed E-state index contributed by atoms with van der Waals surface area (Å²) in [4.78, 5) is 11.7. The first-order valence-electron chi connectivity index (χ1n) is 8.79. The molecule has 1 aromatic carbocycles. The van der Waals surface area contributed by atoms with Gasteiger partial charge in [-0.15, -0.1) is 0 Å². The number of anilines is 1. The molecule has 5 nitrogen and oxygen atoms in total. The second-order valence-corrected chi connectivity index (χ2v) is 6.97. The third-order valence-corrected chi connectivity index (χ3v) is 5.25. The van der Waals surface area contributed by atoms with Gasteiger partial charge in [-0.2, -0.15) is 0 Å². The second kappa shape index (κ2) is 6.90. The minimum atomic E-state index is -0.215. The monoisotopic (exact) mass is 359 g/mol. The molecule has 0 radical (unpaired) electrons. The first kappa shape index (κ1) is 16.8. The van der Waals surface area contributed by atoms with Crippen molar-refractivity contribution in [3.63, 3.8) is 0 Å². The molecule has 4 rings (SSSR count). The Hall–Kier alpha value is -1.69. The van der Waals surface area contributed by atoms with Gasteiger partial charge in [-0.25, -0.2) is 9.97 Å². The standard InChI is InChI=1S/C19H22ClN3O2/c1-2-15-16(20)21-17(14-6-4-3-5-7-14)22-18(15)23-9-11-25-19(12-23)8-10-24-13-19/h3-7H,2,8-13H2,1H3. The van der Waals surface area contributed by atoms with Crippen LogP contribution in [0.25, 0.3) is 11.4 Å². The van der Waals surface area contributed by atoms with Gasteiger partial charge < -0.3 is 14.4 Å². The minimum Gasteiger partial charge on any atom is -0.378 e. The molecule has 25 heavy (non-hydrogen) atoms. The fourth-order valence-electron chi connectivity index (χ4n) is 3.58. The Kier molecular flexibility index (Phi) is 4.63. The van der Waals surface area contributed by atoms with Crippen LogP contribution in [0.2, 0.25) is 5.15 Å². The van der Waals surface area contributed by atoms with Crippen molar-refractivity contribution < 1.29 is 9.47 Å². The van der Waals surface area contributed by atoms with Crippen molar-refractivity contribution in [1.29, 1.82) is 0 Å². The van der Waals surface area contributed by atoms with Crippen LogP contribution in [0, 0.1) is 0 Å². The lowest BCUT2D eigenvalue weighted by Crippen LogP contribution is -2.53. The number of nitrogens with zero attached hydrogens (tertiary/aromatic N) is 3. The molecule has 1 unspecified atom stereocenters. The van der Waals surface area contributed by atoms with Gasteiger partial charge in [0.2, 0.25) is 0 Å². The highest BCUT2D eigenvalue weighted by Crippen LogP contribution is 2.34. The lowest BCUT2D eigenvalue weighted by Gasteiger charge is -2.40. The lowest BCUT2D eigenvalue weighted by molar-refractivity contribution is -0.0581. The quantitative estimate of drug-likeness (QED) is 0.786. The van der Waals surface area contributed by atoms with E-state index in [-0.39, 0.29) is 5.60 Å². The van der Waals surface area contributed by atoms with Crippen molar-refractivity contribution in [3.05, 3.63) is 41.0 Å². The molecule has 0 amide bonds. The van der Waals surface area contributed by atoms with E-state index in [1.165, 1.54) is 0 Å². The Balaban J connectivity index is 1.73. The number of halogens is 1. The number of morpholine rings is 1. The number of hydrogen-bond donors (Lipinski definition) is 0. The molecule has 3 heterocycles. The van der Waals surface area contributed by atoms with Crippen molar-refractivity contribution in [3.8, 4) is 11.4 Å². The molecule has 2 saturated heterocycles. The third-order valence-electron chi connectivity index (χ3n) is 4.94. The Labute approximate surface area is 152 Å². The van der Waals surface area contributed by atoms with Gasteiger partial charge in [0.25, 0.3) is 0 Å². The normalized spacial score (nSPS) is 23.4. The maximum absolute atomic E-state index is 6.52. The zero-order chi connectivity index (χ0) is 17.3. The minimum absolute atomic E-state index is 0.215. The summed E-state index contributed by atoms with van der Waals surface area (Å²) < 4.78 is 11.6. The van der Waals surface area contributed by atoms with E-state index in [1.54, 1.807) is 0 Å². The molecule has 0 bridgehead atoms. The Morgan fingerprint density at radius 1 is 1.20 bits per heavy atom. The van der Waals surface area contributed by atoms with Gasteiger partial charge in [0.1, 0.15) is 16.6 Å². The predicted molar refractivity (Wildman–Crippen MR) is 98.2 cm³/mol. The molecule has 2 aromatic rings. The van der Waals surface area contributed by atoms with Crippen molar-refractivity contribution in [2.45, 2.75) is 25.4 Å². The van der Waals surface area contributed by atoms with Crippen LogP contribution in [-0.4, -0.2) is 48.5 Å². The van der Waals surface area contributed by atoms with Gasteiger partial charge in [0, 0.05) is 30.7 Å². The molecule has 1 spiro atoms. The summed E-state index contributed by atoms with van der Waals surface area (Å²) in [5.41, 5.74) is 1.76. The van der Waals surface area contributed by atoms with E-state index in [2.05, 4.69) is 16.8 Å². The fraction of sp³-hybridized carbons (Fsp3) is 0.474. The molecule has 0 N–H and O–H groups in total. The summed E-state index contributed by atoms with van der Waals surface area (Å²) in [6.07, 6.45) is 1.72. The second-order valence-electron chi connectivity index (χ2n) is 6.62. The van der Waals surface area contributed by atoms with E-state index in [1.807, 2.05) is 30.3 Å². The molecular weight excluding hydrogens is 338 g/mol. The average molecular weight is 360 g/mol. The lowest BCUT2D eigenvalue weighted by atomic mass is 10.0. The molecule has 1 aromatic heterocycles. The number of ether oxygens (including phenoxy) is 2. The Morgan fingerprint density at radius 3 is 2.76 bits per heavy atom. The zero-order valence-electron chi connectivity index (χ0n) is 14.4. The zero-order valence-corrected chi connectivity index (χ0v) is 15.1. The molecule has 2 aliphatic rings. The molecule has 2 fully saturated rings. The van der Waals surface area contributed by atoms with E-state index >= 15 is 0 Å². The van der Waals surface area contributed by atoms with Gasteiger partial charge in [-0.1, -0.05) is 48.9 Å². The summed E-state index contributed by atoms with van der Waals surface area (Å²) in [5.74, 6) is 1.59. The molecule has 1 atom stereocenters. The largest absolute Gasteiger partial charge is 0.378 e. The molecular formula is C19H22ClN3O2. The van der Waals surface area contributed by atoms with Crippen LogP contribution in [0.4, 0.5) is 5.82 Å². The van der Waals surface area contributed by atoms with E-state index in [0.29, 0.717) is 24.2 Å². The Morgan fingerprint density at radius 2 is 2.04 bits per heavy atom. The van der Waals surface area contributed by atoms with Crippen molar-refractivity contribution in [2.24, 2.45) is 0 Å². The number of rotatable bonds is 3. The number of benzene rings is 1. The van der Waals surface area contributed by atoms with Crippen LogP contribution in [0.1, 0.15) is 18.9 Å². The van der Waals surface area contributed by atoms with Crippen LogP contribution in [0.3, 0.4) is 0 Å². The summed E-state index contributed by atoms with van der Waals surface area (Å²) in [5, 5.41) is 0.537. The fourth-order valence-corrected chi connectivity index (χ4v) is 3.88. The van der Waals surface area contributed by atoms with Crippen molar-refractivity contribution in [2.75, 3.05) is 37.8 Å². The first-order chi connectivity index (χ1) is 12.2. The third kappa shape index (κ3) is 3.24. The van der Waals surface area contributed by atoms with Gasteiger partial charge >= 0.3 is 0 Å². The molecule has 0 saturated carbocycles. The van der Waals surface area contributed by atoms with Crippen LogP contribution >= 0.6 is 11.6 Å². The van der Waals surface area contributed by atoms with Gasteiger partial charge in [0.15, 0.2) is 5.82 Å². The highest BCUT2D eigenvalue weighted by atomic mass is 35.5. The van der Waals surface area contributed by atoms with Gasteiger partial charge in [0.05, 0.1) is 19.8 Å². The average Bonchev–Trinajstić information content (AvgIpc) is 3.09. The molecule has 0 aliphatic carbocycles. The summed E-state index contributed by atoms with van der Waals surface area (Å²) >= 11 is 6.52. The molecule has 6 heteroatoms. The van der Waals surface area contributed by atoms with Gasteiger partial charge in [-0.3, -0.25) is 0 Å². The van der Waals surface area contributed by atoms with Crippen LogP contribution in [0.5, 0.6) is 0 Å². The summed E-state index contributed by atoms with van der Waals surface area (Å²) in [6, 6.07) is 9.97. The Bertz CT molecular complexity index is 748. The SMILES string of the molecule is CCc1c(Cl)nc(-c2ccccc2)nc1N1CCOC2(CCOC2)C1. The number of aromatic nitrogens is 2. The van der Waals surface area contributed by atoms with E-state index in [4.69, 9.17) is 26.1 Å². The molecule has 2 aliphatic heterocycles. The van der Waals surface area contributed by atoms with E-state index in [9.17, 15) is 0 Å². The predicted octanol–water partition coefficient (Wildman–Crippen LogP) is 3.36. The van der Waals surface area contributed by atoms with Crippen LogP contribution in [0.15, 0.2) is 30.3 Å². The van der Waals surface area contributed by atoms with E-state index < -0.39 is 0 Å². The highest BCUT2D eigenvalue weighted by Gasteiger charge is 2.41. The van der Waals surface area contributed by atoms with Gasteiger partial charge in [-0.05, 0) is 6.42 Å².